The van der Waals surface area contributed by atoms with Crippen molar-refractivity contribution in [2.75, 3.05) is 26.0 Å². The highest BCUT2D eigenvalue weighted by Crippen LogP contribution is 2.54. The highest BCUT2D eigenvalue weighted by Gasteiger charge is 2.46. The maximum Gasteiger partial charge on any atom is 0.407 e. The molecule has 2 aromatic rings. The van der Waals surface area contributed by atoms with E-state index in [1.165, 1.54) is 28.9 Å². The minimum atomic E-state index is -0.355. The highest BCUT2D eigenvalue weighted by molar-refractivity contribution is 7.99. The van der Waals surface area contributed by atoms with E-state index in [1.807, 2.05) is 18.7 Å². The van der Waals surface area contributed by atoms with Crippen LogP contribution in [0.15, 0.2) is 34.5 Å². The third-order valence-corrected chi connectivity index (χ3v) is 9.08. The molecule has 1 aliphatic heterocycles. The first-order chi connectivity index (χ1) is 16.0. The summed E-state index contributed by atoms with van der Waals surface area (Å²) in [6.07, 6.45) is 2.86. The zero-order valence-corrected chi connectivity index (χ0v) is 21.2. The summed E-state index contributed by atoms with van der Waals surface area (Å²) in [6, 6.07) is 8.55. The molecular weight excluding hydrogens is 480 g/mol. The molecule has 1 aromatic heterocycles. The molecule has 1 aromatic carbocycles. The van der Waals surface area contributed by atoms with Crippen molar-refractivity contribution < 1.29 is 19.1 Å². The molecule has 178 valence electrons. The number of halogens is 1. The van der Waals surface area contributed by atoms with Crippen LogP contribution >= 0.6 is 34.7 Å². The van der Waals surface area contributed by atoms with Gasteiger partial charge >= 0.3 is 6.09 Å². The summed E-state index contributed by atoms with van der Waals surface area (Å²) >= 11 is 9.34. The van der Waals surface area contributed by atoms with Crippen LogP contribution in [0.25, 0.3) is 0 Å². The van der Waals surface area contributed by atoms with Gasteiger partial charge in [-0.25, -0.2) is 4.79 Å². The number of rotatable bonds is 7. The summed E-state index contributed by atoms with van der Waals surface area (Å²) in [6.45, 7) is 2.98. The Morgan fingerprint density at radius 2 is 1.97 bits per heavy atom. The molecule has 1 atom stereocenters. The van der Waals surface area contributed by atoms with E-state index in [-0.39, 0.29) is 23.5 Å². The van der Waals surface area contributed by atoms with Gasteiger partial charge in [-0.15, -0.1) is 23.1 Å². The third kappa shape index (κ3) is 5.12. The number of carbonyl (C=O) groups is 2. The van der Waals surface area contributed by atoms with Crippen LogP contribution in [0.4, 0.5) is 4.79 Å². The van der Waals surface area contributed by atoms with Gasteiger partial charge in [-0.2, -0.15) is 0 Å². The Labute approximate surface area is 207 Å². The van der Waals surface area contributed by atoms with Crippen LogP contribution in [0.3, 0.4) is 0 Å². The molecule has 1 unspecified atom stereocenters. The molecule has 0 saturated heterocycles. The molecule has 0 bridgehead atoms. The van der Waals surface area contributed by atoms with E-state index < -0.39 is 0 Å². The first-order valence-electron chi connectivity index (χ1n) is 11.2. The first-order valence-corrected chi connectivity index (χ1v) is 13.5. The Morgan fingerprint density at radius 3 is 2.70 bits per heavy atom. The van der Waals surface area contributed by atoms with Gasteiger partial charge in [0.2, 0.25) is 0 Å². The lowest BCUT2D eigenvalue weighted by atomic mass is 9.63. The van der Waals surface area contributed by atoms with Gasteiger partial charge in [0.25, 0.3) is 5.91 Å². The predicted molar refractivity (Wildman–Crippen MR) is 133 cm³/mol. The number of benzene rings is 1. The number of methoxy groups -OCH3 is 1. The van der Waals surface area contributed by atoms with Crippen LogP contribution in [0.2, 0.25) is 4.34 Å². The highest BCUT2D eigenvalue weighted by atomic mass is 35.5. The van der Waals surface area contributed by atoms with Gasteiger partial charge < -0.3 is 20.1 Å². The maximum atomic E-state index is 13.0. The lowest BCUT2D eigenvalue weighted by Gasteiger charge is -2.44. The molecule has 6 nitrogen and oxygen atoms in total. The van der Waals surface area contributed by atoms with E-state index in [9.17, 15) is 9.59 Å². The van der Waals surface area contributed by atoms with Crippen molar-refractivity contribution >= 4 is 46.7 Å². The van der Waals surface area contributed by atoms with Crippen LogP contribution < -0.4 is 15.4 Å². The summed E-state index contributed by atoms with van der Waals surface area (Å²) < 4.78 is 11.4. The smallest absolute Gasteiger partial charge is 0.407 e. The monoisotopic (exact) mass is 508 g/mol. The van der Waals surface area contributed by atoms with Crippen molar-refractivity contribution in [3.05, 3.63) is 45.1 Å². The summed E-state index contributed by atoms with van der Waals surface area (Å²) in [5.41, 5.74) is 1.72. The van der Waals surface area contributed by atoms with Gasteiger partial charge in [0.1, 0.15) is 10.4 Å². The average Bonchev–Trinajstić information content (AvgIpc) is 3.42. The molecule has 33 heavy (non-hydrogen) atoms. The van der Waals surface area contributed by atoms with Gasteiger partial charge in [0, 0.05) is 35.0 Å². The van der Waals surface area contributed by atoms with Gasteiger partial charge in [-0.1, -0.05) is 29.8 Å². The van der Waals surface area contributed by atoms with Gasteiger partial charge in [0.15, 0.2) is 5.75 Å². The van der Waals surface area contributed by atoms with E-state index >= 15 is 0 Å². The minimum Gasteiger partial charge on any atom is -0.493 e. The quantitative estimate of drug-likeness (QED) is 0.501. The van der Waals surface area contributed by atoms with E-state index in [4.69, 9.17) is 21.1 Å². The van der Waals surface area contributed by atoms with Crippen molar-refractivity contribution in [1.29, 1.82) is 0 Å². The summed E-state index contributed by atoms with van der Waals surface area (Å²) in [5.74, 6) is 1.57. The molecule has 4 rings (SSSR count). The Morgan fingerprint density at radius 1 is 1.21 bits per heavy atom. The third-order valence-electron chi connectivity index (χ3n) is 6.72. The zero-order valence-electron chi connectivity index (χ0n) is 18.8. The molecule has 0 spiro atoms. The SMILES string of the molecule is CCNC(=O)O[C@H]1CC[C@](CNC(=O)c2csc(Cl)c2OC)(C2CSc3ccccc32)CC1. The van der Waals surface area contributed by atoms with E-state index in [2.05, 4.69) is 34.9 Å². The number of hydrogen-bond donors (Lipinski definition) is 2. The van der Waals surface area contributed by atoms with Crippen LogP contribution in [-0.2, 0) is 4.74 Å². The summed E-state index contributed by atoms with van der Waals surface area (Å²) in [4.78, 5) is 26.3. The van der Waals surface area contributed by atoms with E-state index in [0.717, 1.165) is 31.4 Å². The van der Waals surface area contributed by atoms with Crippen LogP contribution in [0, 0.1) is 5.41 Å². The van der Waals surface area contributed by atoms with E-state index in [0.29, 0.717) is 34.7 Å². The van der Waals surface area contributed by atoms with Gasteiger partial charge in [-0.3, -0.25) is 4.79 Å². The number of nitrogens with one attached hydrogen (secondary N) is 2. The van der Waals surface area contributed by atoms with Gasteiger partial charge in [-0.05, 0) is 49.7 Å². The molecule has 2 N–H and O–H groups in total. The predicted octanol–water partition coefficient (Wildman–Crippen LogP) is 5.70. The van der Waals surface area contributed by atoms with Crippen LogP contribution in [0.1, 0.15) is 54.4 Å². The second-order valence-corrected chi connectivity index (χ2v) is 11.1. The fourth-order valence-electron chi connectivity index (χ4n) is 4.96. The minimum absolute atomic E-state index is 0.0968. The van der Waals surface area contributed by atoms with Crippen LogP contribution in [0.5, 0.6) is 5.75 Å². The van der Waals surface area contributed by atoms with Crippen molar-refractivity contribution in [2.24, 2.45) is 5.41 Å². The topological polar surface area (TPSA) is 76.7 Å². The molecular formula is C24H29ClN2O4S2. The van der Waals surface area contributed by atoms with Crippen molar-refractivity contribution in [2.45, 2.75) is 49.5 Å². The average molecular weight is 509 g/mol. The lowest BCUT2D eigenvalue weighted by Crippen LogP contribution is -2.45. The molecule has 1 fully saturated rings. The Balaban J connectivity index is 1.52. The fourth-order valence-corrected chi connectivity index (χ4v) is 7.44. The second kappa shape index (κ2) is 10.6. The standard InChI is InChI=1S/C24H29ClN2O4S2/c1-3-26-23(29)31-15-8-10-24(11-9-15,18-13-32-19-7-5-4-6-16(18)19)14-27-22(28)17-12-33-21(25)20(17)30-2/h4-7,12,15,18H,3,8-11,13-14H2,1-2H3,(H,26,29)(H,27,28)/t15-,18?,24-. The van der Waals surface area contributed by atoms with Crippen LogP contribution in [-0.4, -0.2) is 44.1 Å². The number of alkyl carbamates (subject to hydrolysis) is 1. The number of carbonyl (C=O) groups excluding carboxylic acids is 2. The van der Waals surface area contributed by atoms with Crippen molar-refractivity contribution in [1.82, 2.24) is 10.6 Å². The second-order valence-electron chi connectivity index (χ2n) is 8.54. The first kappa shape index (κ1) is 24.2. The Kier molecular flexibility index (Phi) is 7.76. The zero-order chi connectivity index (χ0) is 23.4. The molecule has 9 heteroatoms. The molecule has 2 heterocycles. The van der Waals surface area contributed by atoms with Gasteiger partial charge in [0.05, 0.1) is 12.7 Å². The molecule has 2 aliphatic rings. The Hall–Kier alpha value is -1.90. The Bertz CT molecular complexity index is 1000. The van der Waals surface area contributed by atoms with E-state index in [1.54, 1.807) is 5.38 Å². The number of thiophene rings is 1. The largest absolute Gasteiger partial charge is 0.493 e. The number of hydrogen-bond acceptors (Lipinski definition) is 6. The fraction of sp³-hybridized carbons (Fsp3) is 0.500. The number of amides is 2. The van der Waals surface area contributed by atoms with Crippen molar-refractivity contribution in [3.63, 3.8) is 0 Å². The maximum absolute atomic E-state index is 13.0. The number of ether oxygens (including phenoxy) is 2. The number of thioether (sulfide) groups is 1. The summed E-state index contributed by atoms with van der Waals surface area (Å²) in [5, 5.41) is 7.63. The molecule has 0 radical (unpaired) electrons. The molecule has 1 saturated carbocycles. The number of fused-ring (bicyclic) bond motifs is 1. The lowest BCUT2D eigenvalue weighted by molar-refractivity contribution is 0.0294. The van der Waals surface area contributed by atoms with Crippen molar-refractivity contribution in [3.8, 4) is 5.75 Å². The molecule has 2 amide bonds. The summed E-state index contributed by atoms with van der Waals surface area (Å²) in [7, 11) is 1.52. The normalized spacial score (nSPS) is 24.1. The molecule has 1 aliphatic carbocycles.